The Kier molecular flexibility index (Phi) is 3.78. The highest BCUT2D eigenvalue weighted by Gasteiger charge is 2.22. The van der Waals surface area contributed by atoms with Crippen LogP contribution in [0.2, 0.25) is 0 Å². The van der Waals surface area contributed by atoms with Crippen LogP contribution in [-0.2, 0) is 6.54 Å². The van der Waals surface area contributed by atoms with Gasteiger partial charge in [0.2, 0.25) is 0 Å². The van der Waals surface area contributed by atoms with Gasteiger partial charge in [0.05, 0.1) is 0 Å². The summed E-state index contributed by atoms with van der Waals surface area (Å²) in [4.78, 5) is 2.49. The molecule has 2 rings (SSSR count). The molecule has 2 N–H and O–H groups in total. The van der Waals surface area contributed by atoms with E-state index in [1.165, 1.54) is 24.9 Å². The molecule has 0 radical (unpaired) electrons. The fourth-order valence-corrected chi connectivity index (χ4v) is 2.46. The van der Waals surface area contributed by atoms with Crippen molar-refractivity contribution in [2.24, 2.45) is 5.73 Å². The van der Waals surface area contributed by atoms with Gasteiger partial charge in [-0.05, 0) is 37.1 Å². The molecule has 15 heavy (non-hydrogen) atoms. The van der Waals surface area contributed by atoms with Crippen LogP contribution in [0.4, 0.5) is 0 Å². The number of likely N-dealkylation sites (tertiary alicyclic amines) is 1. The summed E-state index contributed by atoms with van der Waals surface area (Å²) in [5.74, 6) is 0. The molecular weight excluding hydrogens is 252 g/mol. The first-order chi connectivity index (χ1) is 7.29. The zero-order chi connectivity index (χ0) is 10.7. The predicted octanol–water partition coefficient (Wildman–Crippen LogP) is 2.37. The van der Waals surface area contributed by atoms with E-state index < -0.39 is 0 Å². The SMILES string of the molecule is NCC1CCCN1Cc1ccc(Br)cc1. The highest BCUT2D eigenvalue weighted by Crippen LogP contribution is 2.20. The van der Waals surface area contributed by atoms with Crippen LogP contribution in [0.5, 0.6) is 0 Å². The third-order valence-corrected chi connectivity index (χ3v) is 3.60. The first-order valence-electron chi connectivity index (χ1n) is 5.48. The lowest BCUT2D eigenvalue weighted by Crippen LogP contribution is -2.34. The first kappa shape index (κ1) is 11.1. The Hall–Kier alpha value is -0.380. The number of rotatable bonds is 3. The smallest absolute Gasteiger partial charge is 0.0237 e. The highest BCUT2D eigenvalue weighted by atomic mass is 79.9. The number of nitrogens with zero attached hydrogens (tertiary/aromatic N) is 1. The quantitative estimate of drug-likeness (QED) is 0.912. The van der Waals surface area contributed by atoms with Crippen molar-refractivity contribution in [1.29, 1.82) is 0 Å². The molecule has 0 aromatic heterocycles. The van der Waals surface area contributed by atoms with Crippen molar-refractivity contribution < 1.29 is 0 Å². The average molecular weight is 269 g/mol. The molecule has 1 aliphatic rings. The summed E-state index contributed by atoms with van der Waals surface area (Å²) in [5.41, 5.74) is 7.13. The minimum Gasteiger partial charge on any atom is -0.329 e. The predicted molar refractivity (Wildman–Crippen MR) is 66.6 cm³/mol. The highest BCUT2D eigenvalue weighted by molar-refractivity contribution is 9.10. The van der Waals surface area contributed by atoms with Crippen LogP contribution < -0.4 is 5.73 Å². The maximum Gasteiger partial charge on any atom is 0.0237 e. The van der Waals surface area contributed by atoms with E-state index in [1.807, 2.05) is 0 Å². The van der Waals surface area contributed by atoms with Crippen molar-refractivity contribution in [3.8, 4) is 0 Å². The standard InChI is InChI=1S/C12H17BrN2/c13-11-5-3-10(4-6-11)9-15-7-1-2-12(15)8-14/h3-6,12H,1-2,7-9,14H2. The summed E-state index contributed by atoms with van der Waals surface area (Å²) in [6, 6.07) is 9.14. The molecule has 0 spiro atoms. The summed E-state index contributed by atoms with van der Waals surface area (Å²) < 4.78 is 1.14. The van der Waals surface area contributed by atoms with Crippen LogP contribution in [0.25, 0.3) is 0 Å². The number of benzene rings is 1. The topological polar surface area (TPSA) is 29.3 Å². The van der Waals surface area contributed by atoms with Gasteiger partial charge in [-0.25, -0.2) is 0 Å². The van der Waals surface area contributed by atoms with E-state index in [0.29, 0.717) is 6.04 Å². The van der Waals surface area contributed by atoms with E-state index in [-0.39, 0.29) is 0 Å². The molecule has 82 valence electrons. The van der Waals surface area contributed by atoms with Crippen molar-refractivity contribution >= 4 is 15.9 Å². The van der Waals surface area contributed by atoms with Gasteiger partial charge in [-0.3, -0.25) is 4.90 Å². The second-order valence-electron chi connectivity index (χ2n) is 4.13. The Morgan fingerprint density at radius 2 is 2.07 bits per heavy atom. The lowest BCUT2D eigenvalue weighted by atomic mass is 10.2. The molecule has 3 heteroatoms. The van der Waals surface area contributed by atoms with E-state index in [0.717, 1.165) is 17.6 Å². The van der Waals surface area contributed by atoms with Crippen LogP contribution in [0.3, 0.4) is 0 Å². The van der Waals surface area contributed by atoms with Gasteiger partial charge in [-0.15, -0.1) is 0 Å². The molecule has 0 bridgehead atoms. The number of hydrogen-bond donors (Lipinski definition) is 1. The van der Waals surface area contributed by atoms with Crippen LogP contribution >= 0.6 is 15.9 Å². The van der Waals surface area contributed by atoms with E-state index in [2.05, 4.69) is 45.1 Å². The second kappa shape index (κ2) is 5.10. The van der Waals surface area contributed by atoms with Gasteiger partial charge in [-0.2, -0.15) is 0 Å². The van der Waals surface area contributed by atoms with Gasteiger partial charge < -0.3 is 5.73 Å². The Morgan fingerprint density at radius 1 is 1.33 bits per heavy atom. The summed E-state index contributed by atoms with van der Waals surface area (Å²) in [7, 11) is 0. The van der Waals surface area contributed by atoms with Crippen LogP contribution in [0.1, 0.15) is 18.4 Å². The summed E-state index contributed by atoms with van der Waals surface area (Å²) in [6.07, 6.45) is 2.55. The van der Waals surface area contributed by atoms with Crippen molar-refractivity contribution in [1.82, 2.24) is 4.90 Å². The molecule has 0 amide bonds. The molecule has 1 unspecified atom stereocenters. The van der Waals surface area contributed by atoms with Crippen molar-refractivity contribution in [2.45, 2.75) is 25.4 Å². The molecule has 1 atom stereocenters. The number of halogens is 1. The third-order valence-electron chi connectivity index (χ3n) is 3.07. The molecule has 1 heterocycles. The summed E-state index contributed by atoms with van der Waals surface area (Å²) in [6.45, 7) is 3.02. The summed E-state index contributed by atoms with van der Waals surface area (Å²) in [5, 5.41) is 0. The van der Waals surface area contributed by atoms with Crippen LogP contribution in [-0.4, -0.2) is 24.0 Å². The molecule has 1 fully saturated rings. The number of nitrogens with two attached hydrogens (primary N) is 1. The maximum atomic E-state index is 5.75. The monoisotopic (exact) mass is 268 g/mol. The summed E-state index contributed by atoms with van der Waals surface area (Å²) >= 11 is 3.45. The minimum atomic E-state index is 0.591. The number of hydrogen-bond acceptors (Lipinski definition) is 2. The molecule has 0 aliphatic carbocycles. The molecular formula is C12H17BrN2. The minimum absolute atomic E-state index is 0.591. The fourth-order valence-electron chi connectivity index (χ4n) is 2.19. The van der Waals surface area contributed by atoms with Crippen LogP contribution in [0, 0.1) is 0 Å². The van der Waals surface area contributed by atoms with E-state index in [4.69, 9.17) is 5.73 Å². The van der Waals surface area contributed by atoms with Gasteiger partial charge in [0.15, 0.2) is 0 Å². The van der Waals surface area contributed by atoms with Crippen LogP contribution in [0.15, 0.2) is 28.7 Å². The van der Waals surface area contributed by atoms with Gasteiger partial charge in [0.1, 0.15) is 0 Å². The Bertz CT molecular complexity index is 310. The molecule has 1 aromatic carbocycles. The third kappa shape index (κ3) is 2.80. The van der Waals surface area contributed by atoms with Gasteiger partial charge >= 0.3 is 0 Å². The van der Waals surface area contributed by atoms with Crippen molar-refractivity contribution in [3.63, 3.8) is 0 Å². The Labute approximate surface area is 99.6 Å². The normalized spacial score (nSPS) is 22.1. The van der Waals surface area contributed by atoms with Crippen molar-refractivity contribution in [3.05, 3.63) is 34.3 Å². The molecule has 1 aliphatic heterocycles. The van der Waals surface area contributed by atoms with Gasteiger partial charge in [0.25, 0.3) is 0 Å². The first-order valence-corrected chi connectivity index (χ1v) is 6.27. The Morgan fingerprint density at radius 3 is 2.73 bits per heavy atom. The van der Waals surface area contributed by atoms with E-state index >= 15 is 0 Å². The van der Waals surface area contributed by atoms with Crippen molar-refractivity contribution in [2.75, 3.05) is 13.1 Å². The molecule has 2 nitrogen and oxygen atoms in total. The maximum absolute atomic E-state index is 5.75. The average Bonchev–Trinajstić information content (AvgIpc) is 2.69. The lowest BCUT2D eigenvalue weighted by Gasteiger charge is -2.23. The van der Waals surface area contributed by atoms with E-state index in [9.17, 15) is 0 Å². The second-order valence-corrected chi connectivity index (χ2v) is 5.04. The molecule has 0 saturated carbocycles. The zero-order valence-electron chi connectivity index (χ0n) is 8.82. The largest absolute Gasteiger partial charge is 0.329 e. The molecule has 1 aromatic rings. The van der Waals surface area contributed by atoms with Gasteiger partial charge in [-0.1, -0.05) is 28.1 Å². The fraction of sp³-hybridized carbons (Fsp3) is 0.500. The van der Waals surface area contributed by atoms with Gasteiger partial charge in [0, 0.05) is 23.6 Å². The zero-order valence-corrected chi connectivity index (χ0v) is 10.4. The van der Waals surface area contributed by atoms with E-state index in [1.54, 1.807) is 0 Å². The molecule has 1 saturated heterocycles. The lowest BCUT2D eigenvalue weighted by molar-refractivity contribution is 0.250. The Balaban J connectivity index is 1.99.